The number of likely N-dealkylation sites (tertiary alicyclic amines) is 1. The van der Waals surface area contributed by atoms with Crippen molar-refractivity contribution in [1.29, 1.82) is 0 Å². The summed E-state index contributed by atoms with van der Waals surface area (Å²) in [6, 6.07) is 17.9. The molecule has 2 aromatic carbocycles. The third kappa shape index (κ3) is 6.84. The number of nitrogens with one attached hydrogen (secondary N) is 1. The molecule has 0 unspecified atom stereocenters. The summed E-state index contributed by atoms with van der Waals surface area (Å²) in [7, 11) is 0. The van der Waals surface area contributed by atoms with Crippen LogP contribution in [0.25, 0.3) is 0 Å². The Morgan fingerprint density at radius 2 is 1.69 bits per heavy atom. The fraction of sp³-hybridized carbons (Fsp3) is 0.515. The highest BCUT2D eigenvalue weighted by Crippen LogP contribution is 2.34. The van der Waals surface area contributed by atoms with Crippen LogP contribution in [0.2, 0.25) is 0 Å². The highest BCUT2D eigenvalue weighted by atomic mass is 16.7. The van der Waals surface area contributed by atoms with Crippen molar-refractivity contribution in [3.05, 3.63) is 78.2 Å². The number of unbranched alkanes of at least 4 members (excludes halogenated alkanes) is 1. The number of aryl methyl sites for hydroxylation is 1. The minimum atomic E-state index is -0.630. The van der Waals surface area contributed by atoms with Gasteiger partial charge in [-0.25, -0.2) is 4.79 Å². The summed E-state index contributed by atoms with van der Waals surface area (Å²) in [6.45, 7) is 4.53. The molecule has 0 saturated carbocycles. The molecule has 2 bridgehead atoms. The molecule has 0 aromatic heterocycles. The molecular formula is C33H41N3O6. The minimum absolute atomic E-state index is 0.0560. The van der Waals surface area contributed by atoms with Crippen LogP contribution in [-0.2, 0) is 31.0 Å². The zero-order valence-corrected chi connectivity index (χ0v) is 24.1. The number of carbonyl (C=O) groups is 2. The lowest BCUT2D eigenvalue weighted by Crippen LogP contribution is -2.69. The highest BCUT2D eigenvalue weighted by molar-refractivity contribution is 5.79. The van der Waals surface area contributed by atoms with E-state index in [1.54, 1.807) is 12.5 Å². The summed E-state index contributed by atoms with van der Waals surface area (Å²) < 4.78 is 22.3. The maximum atomic E-state index is 13.1. The van der Waals surface area contributed by atoms with Crippen molar-refractivity contribution in [3.63, 3.8) is 0 Å². The van der Waals surface area contributed by atoms with E-state index in [9.17, 15) is 9.59 Å². The van der Waals surface area contributed by atoms with Crippen LogP contribution >= 0.6 is 0 Å². The monoisotopic (exact) mass is 575 g/mol. The van der Waals surface area contributed by atoms with Gasteiger partial charge in [-0.2, -0.15) is 0 Å². The van der Waals surface area contributed by atoms with Gasteiger partial charge in [0.1, 0.15) is 29.9 Å². The van der Waals surface area contributed by atoms with Crippen molar-refractivity contribution in [2.45, 2.75) is 62.9 Å². The van der Waals surface area contributed by atoms with E-state index in [4.69, 9.17) is 18.9 Å². The number of alkyl carbamates (subject to hydrolysis) is 1. The average Bonchev–Trinajstić information content (AvgIpc) is 3.53. The standard InChI is InChI=1S/C33H41N3O6/c37-30(14-11-25-9-12-28(13-10-25)39-19-5-4-8-31-40-20-21-41-31)36-23-33(24-36,27-6-2-1-3-7-27)34-32(38)42-29-22-35-17-15-26(29)16-18-35/h1-3,6-7,9-10,12-13,20-21,26,29,31H,4-5,8,11,14-19,22-24H2,(H,34,38)/t29-/m0/s1. The average molecular weight is 576 g/mol. The third-order valence-electron chi connectivity index (χ3n) is 8.97. The lowest BCUT2D eigenvalue weighted by Gasteiger charge is -2.51. The summed E-state index contributed by atoms with van der Waals surface area (Å²) in [6.07, 6.45) is 8.51. The number of carbonyl (C=O) groups excluding carboxylic acids is 2. The molecule has 2 amide bonds. The fourth-order valence-corrected chi connectivity index (χ4v) is 6.45. The molecule has 0 aliphatic carbocycles. The van der Waals surface area contributed by atoms with Gasteiger partial charge in [0.15, 0.2) is 0 Å². The molecule has 5 aliphatic heterocycles. The first-order valence-electron chi connectivity index (χ1n) is 15.3. The zero-order valence-electron chi connectivity index (χ0n) is 24.1. The Kier molecular flexibility index (Phi) is 8.84. The Morgan fingerprint density at radius 1 is 0.952 bits per heavy atom. The summed E-state index contributed by atoms with van der Waals surface area (Å²) in [5.74, 6) is 1.36. The van der Waals surface area contributed by atoms with E-state index in [0.717, 1.165) is 68.6 Å². The Bertz CT molecular complexity index is 1210. The Balaban J connectivity index is 0.948. The molecule has 2 aromatic rings. The minimum Gasteiger partial charge on any atom is -0.494 e. The SMILES string of the molecule is O=C(NC1(c2ccccc2)CN(C(=O)CCc2ccc(OCCCCC3OC=CO3)cc2)C1)O[C@H]1CN2CCC1CC2. The Hall–Kier alpha value is -3.72. The molecule has 9 nitrogen and oxygen atoms in total. The molecular weight excluding hydrogens is 534 g/mol. The number of rotatable bonds is 12. The highest BCUT2D eigenvalue weighted by Gasteiger charge is 2.48. The first-order chi connectivity index (χ1) is 20.6. The maximum absolute atomic E-state index is 13.1. The van der Waals surface area contributed by atoms with Gasteiger partial charge in [-0.15, -0.1) is 0 Å². The van der Waals surface area contributed by atoms with Crippen molar-refractivity contribution >= 4 is 12.0 Å². The van der Waals surface area contributed by atoms with Crippen LogP contribution in [-0.4, -0.2) is 73.5 Å². The summed E-state index contributed by atoms with van der Waals surface area (Å²) >= 11 is 0. The smallest absolute Gasteiger partial charge is 0.408 e. The first kappa shape index (κ1) is 28.4. The van der Waals surface area contributed by atoms with Crippen LogP contribution in [0.1, 0.15) is 49.7 Å². The second kappa shape index (κ2) is 13.1. The summed E-state index contributed by atoms with van der Waals surface area (Å²) in [5.41, 5.74) is 1.45. The van der Waals surface area contributed by atoms with E-state index in [1.165, 1.54) is 0 Å². The van der Waals surface area contributed by atoms with E-state index in [1.807, 2.05) is 59.5 Å². The van der Waals surface area contributed by atoms with Gasteiger partial charge in [-0.3, -0.25) is 9.69 Å². The summed E-state index contributed by atoms with van der Waals surface area (Å²) in [4.78, 5) is 30.4. The van der Waals surface area contributed by atoms with Gasteiger partial charge >= 0.3 is 6.09 Å². The van der Waals surface area contributed by atoms with E-state index >= 15 is 0 Å². The van der Waals surface area contributed by atoms with E-state index in [-0.39, 0.29) is 24.4 Å². The van der Waals surface area contributed by atoms with Crippen molar-refractivity contribution in [2.75, 3.05) is 39.3 Å². The number of fused-ring (bicyclic) bond motifs is 3. The largest absolute Gasteiger partial charge is 0.494 e. The van der Waals surface area contributed by atoms with Crippen molar-refractivity contribution in [1.82, 2.24) is 15.1 Å². The molecule has 4 saturated heterocycles. The van der Waals surface area contributed by atoms with E-state index in [2.05, 4.69) is 10.2 Å². The van der Waals surface area contributed by atoms with Crippen molar-refractivity contribution in [3.8, 4) is 5.75 Å². The normalized spacial score (nSPS) is 23.9. The molecule has 0 spiro atoms. The van der Waals surface area contributed by atoms with Crippen molar-refractivity contribution < 1.29 is 28.5 Å². The van der Waals surface area contributed by atoms with Crippen LogP contribution in [0.15, 0.2) is 67.1 Å². The van der Waals surface area contributed by atoms with Gasteiger partial charge in [0, 0.05) is 32.5 Å². The number of benzene rings is 2. The fourth-order valence-electron chi connectivity index (χ4n) is 6.45. The molecule has 4 fully saturated rings. The molecule has 5 aliphatic rings. The van der Waals surface area contributed by atoms with Crippen LogP contribution in [0.4, 0.5) is 4.79 Å². The number of amides is 2. The number of hydrogen-bond acceptors (Lipinski definition) is 7. The number of ether oxygens (including phenoxy) is 4. The van der Waals surface area contributed by atoms with Crippen LogP contribution in [0, 0.1) is 5.92 Å². The predicted molar refractivity (Wildman–Crippen MR) is 156 cm³/mol. The second-order valence-electron chi connectivity index (χ2n) is 11.9. The quantitative estimate of drug-likeness (QED) is 0.371. The molecule has 5 heterocycles. The Labute approximate surface area is 247 Å². The molecule has 42 heavy (non-hydrogen) atoms. The number of hydrogen-bond donors (Lipinski definition) is 1. The van der Waals surface area contributed by atoms with Crippen molar-refractivity contribution in [2.24, 2.45) is 5.92 Å². The molecule has 7 rings (SSSR count). The topological polar surface area (TPSA) is 89.6 Å². The van der Waals surface area contributed by atoms with Gasteiger partial charge in [0.05, 0.1) is 6.61 Å². The van der Waals surface area contributed by atoms with Gasteiger partial charge in [-0.05, 0) is 74.4 Å². The maximum Gasteiger partial charge on any atom is 0.408 e. The molecule has 0 radical (unpaired) electrons. The molecule has 1 N–H and O–H groups in total. The van der Waals surface area contributed by atoms with E-state index in [0.29, 0.717) is 38.5 Å². The van der Waals surface area contributed by atoms with Gasteiger partial charge in [-0.1, -0.05) is 42.5 Å². The van der Waals surface area contributed by atoms with Crippen LogP contribution in [0.3, 0.4) is 0 Å². The van der Waals surface area contributed by atoms with Gasteiger partial charge in [0.2, 0.25) is 12.2 Å². The van der Waals surface area contributed by atoms with Crippen LogP contribution in [0.5, 0.6) is 5.75 Å². The lowest BCUT2D eigenvalue weighted by atomic mass is 9.82. The van der Waals surface area contributed by atoms with E-state index < -0.39 is 5.54 Å². The third-order valence-corrected chi connectivity index (χ3v) is 8.97. The molecule has 1 atom stereocenters. The number of nitrogens with zero attached hydrogens (tertiary/aromatic N) is 2. The Morgan fingerprint density at radius 3 is 2.38 bits per heavy atom. The zero-order chi connectivity index (χ0) is 28.8. The lowest BCUT2D eigenvalue weighted by molar-refractivity contribution is -0.140. The van der Waals surface area contributed by atoms with Crippen LogP contribution < -0.4 is 10.1 Å². The molecule has 9 heteroatoms. The second-order valence-corrected chi connectivity index (χ2v) is 11.9. The first-order valence-corrected chi connectivity index (χ1v) is 15.3. The van der Waals surface area contributed by atoms with Gasteiger partial charge in [0.25, 0.3) is 0 Å². The predicted octanol–water partition coefficient (Wildman–Crippen LogP) is 4.57. The summed E-state index contributed by atoms with van der Waals surface area (Å²) in [5, 5.41) is 3.15. The molecule has 224 valence electrons. The van der Waals surface area contributed by atoms with Gasteiger partial charge < -0.3 is 29.2 Å². The number of piperidine rings is 3.